The minimum absolute atomic E-state index is 0.295. The fraction of sp³-hybridized carbons (Fsp3) is 0. The highest BCUT2D eigenvalue weighted by Crippen LogP contribution is 2.25. The van der Waals surface area contributed by atoms with Crippen LogP contribution in [0.4, 0.5) is 5.69 Å². The van der Waals surface area contributed by atoms with Crippen molar-refractivity contribution >= 4 is 41.1 Å². The quantitative estimate of drug-likeness (QED) is 0.848. The van der Waals surface area contributed by atoms with E-state index in [2.05, 4.69) is 10.3 Å². The number of carbonyl (C=O) groups is 2. The van der Waals surface area contributed by atoms with E-state index in [1.165, 1.54) is 12.3 Å². The van der Waals surface area contributed by atoms with Crippen LogP contribution in [0, 0.1) is 0 Å². The monoisotopic (exact) mass is 282 g/mol. The summed E-state index contributed by atoms with van der Waals surface area (Å²) in [5, 5.41) is 3.41. The van der Waals surface area contributed by atoms with Crippen molar-refractivity contribution in [1.29, 1.82) is 0 Å². The van der Waals surface area contributed by atoms with Gasteiger partial charge in [0, 0.05) is 17.4 Å². The second-order valence-electron chi connectivity index (χ2n) is 3.55. The molecular formula is C12H8Cl2N2O2. The largest absolute Gasteiger partial charge is 0.356 e. The number of rotatable bonds is 3. The predicted octanol–water partition coefficient (Wildman–Crippen LogP) is 3.39. The van der Waals surface area contributed by atoms with Crippen LogP contribution < -0.4 is 5.32 Å². The van der Waals surface area contributed by atoms with Crippen molar-refractivity contribution in [3.63, 3.8) is 0 Å². The third-order valence-corrected chi connectivity index (χ3v) is 3.00. The summed E-state index contributed by atoms with van der Waals surface area (Å²) in [4.78, 5) is 25.0. The molecule has 92 valence electrons. The molecule has 0 aliphatic heterocycles. The number of hydrogen-bond donors (Lipinski definition) is 2. The number of aromatic nitrogens is 1. The van der Waals surface area contributed by atoms with Gasteiger partial charge in [0.2, 0.25) is 0 Å². The Labute approximate surface area is 113 Å². The number of H-pyrrole nitrogens is 1. The number of halogens is 2. The van der Waals surface area contributed by atoms with E-state index in [9.17, 15) is 9.59 Å². The molecule has 0 saturated carbocycles. The lowest BCUT2D eigenvalue weighted by Gasteiger charge is -2.04. The smallest absolute Gasteiger partial charge is 0.272 e. The number of benzene rings is 1. The predicted molar refractivity (Wildman–Crippen MR) is 70.6 cm³/mol. The van der Waals surface area contributed by atoms with Gasteiger partial charge in [-0.15, -0.1) is 0 Å². The molecule has 0 saturated heterocycles. The summed E-state index contributed by atoms with van der Waals surface area (Å²) < 4.78 is 0. The van der Waals surface area contributed by atoms with E-state index in [1.54, 1.807) is 18.2 Å². The molecule has 0 atom stereocenters. The van der Waals surface area contributed by atoms with Crippen LogP contribution in [0.3, 0.4) is 0 Å². The summed E-state index contributed by atoms with van der Waals surface area (Å²) in [6.45, 7) is 0. The van der Waals surface area contributed by atoms with Crippen LogP contribution >= 0.6 is 23.2 Å². The molecule has 0 fully saturated rings. The zero-order valence-corrected chi connectivity index (χ0v) is 10.5. The molecule has 1 aromatic carbocycles. The van der Waals surface area contributed by atoms with E-state index < -0.39 is 0 Å². The van der Waals surface area contributed by atoms with Crippen LogP contribution in [0.2, 0.25) is 10.0 Å². The molecule has 2 N–H and O–H groups in total. The first-order chi connectivity index (χ1) is 8.60. The topological polar surface area (TPSA) is 62.0 Å². The summed E-state index contributed by atoms with van der Waals surface area (Å²) in [5.41, 5.74) is 1.23. The third-order valence-electron chi connectivity index (χ3n) is 2.26. The number of anilines is 1. The van der Waals surface area contributed by atoms with Gasteiger partial charge in [-0.1, -0.05) is 23.2 Å². The normalized spacial score (nSPS) is 10.1. The Morgan fingerprint density at radius 1 is 1.22 bits per heavy atom. The zero-order valence-electron chi connectivity index (χ0n) is 9.04. The summed E-state index contributed by atoms with van der Waals surface area (Å²) in [7, 11) is 0. The molecule has 1 amide bonds. The van der Waals surface area contributed by atoms with Gasteiger partial charge in [-0.25, -0.2) is 0 Å². The highest BCUT2D eigenvalue weighted by Gasteiger charge is 2.09. The molecule has 1 aromatic heterocycles. The molecule has 0 unspecified atom stereocenters. The maximum Gasteiger partial charge on any atom is 0.272 e. The zero-order chi connectivity index (χ0) is 13.1. The lowest BCUT2D eigenvalue weighted by Crippen LogP contribution is -2.12. The van der Waals surface area contributed by atoms with Crippen molar-refractivity contribution in [2.24, 2.45) is 0 Å². The maximum absolute atomic E-state index is 11.8. The molecule has 0 aliphatic carbocycles. The van der Waals surface area contributed by atoms with E-state index >= 15 is 0 Å². The number of nitrogens with one attached hydrogen (secondary N) is 2. The van der Waals surface area contributed by atoms with Gasteiger partial charge in [-0.05, 0) is 24.3 Å². The SMILES string of the molecule is O=Cc1c[nH]c(C(=O)Nc2ccc(Cl)c(Cl)c2)c1. The molecular weight excluding hydrogens is 275 g/mol. The van der Waals surface area contributed by atoms with Crippen LogP contribution in [0.15, 0.2) is 30.5 Å². The minimum Gasteiger partial charge on any atom is -0.356 e. The summed E-state index contributed by atoms with van der Waals surface area (Å²) in [6, 6.07) is 6.23. The van der Waals surface area contributed by atoms with Crippen molar-refractivity contribution in [2.45, 2.75) is 0 Å². The van der Waals surface area contributed by atoms with Crippen molar-refractivity contribution in [3.8, 4) is 0 Å². The number of hydrogen-bond acceptors (Lipinski definition) is 2. The van der Waals surface area contributed by atoms with Crippen LogP contribution in [-0.2, 0) is 0 Å². The third kappa shape index (κ3) is 2.72. The van der Waals surface area contributed by atoms with Crippen LogP contribution in [0.5, 0.6) is 0 Å². The Balaban J connectivity index is 2.15. The fourth-order valence-corrected chi connectivity index (χ4v) is 1.68. The Morgan fingerprint density at radius 3 is 2.61 bits per heavy atom. The van der Waals surface area contributed by atoms with E-state index in [0.29, 0.717) is 33.3 Å². The Morgan fingerprint density at radius 2 is 2.00 bits per heavy atom. The number of amides is 1. The summed E-state index contributed by atoms with van der Waals surface area (Å²) >= 11 is 11.6. The molecule has 0 radical (unpaired) electrons. The van der Waals surface area contributed by atoms with Crippen molar-refractivity contribution in [3.05, 3.63) is 51.8 Å². The van der Waals surface area contributed by atoms with Crippen molar-refractivity contribution in [2.75, 3.05) is 5.32 Å². The fourth-order valence-electron chi connectivity index (χ4n) is 1.38. The lowest BCUT2D eigenvalue weighted by atomic mass is 10.3. The van der Waals surface area contributed by atoms with Gasteiger partial charge in [0.05, 0.1) is 10.0 Å². The van der Waals surface area contributed by atoms with E-state index in [0.717, 1.165) is 0 Å². The molecule has 18 heavy (non-hydrogen) atoms. The Bertz CT molecular complexity index is 608. The van der Waals surface area contributed by atoms with Gasteiger partial charge in [0.15, 0.2) is 6.29 Å². The van der Waals surface area contributed by atoms with Crippen LogP contribution in [0.1, 0.15) is 20.8 Å². The van der Waals surface area contributed by atoms with E-state index in [-0.39, 0.29) is 5.91 Å². The molecule has 2 rings (SSSR count). The van der Waals surface area contributed by atoms with Crippen LogP contribution in [0.25, 0.3) is 0 Å². The molecule has 0 spiro atoms. The molecule has 2 aromatic rings. The van der Waals surface area contributed by atoms with Gasteiger partial charge in [0.1, 0.15) is 5.69 Å². The van der Waals surface area contributed by atoms with Crippen LogP contribution in [-0.4, -0.2) is 17.2 Å². The first kappa shape index (κ1) is 12.7. The average molecular weight is 283 g/mol. The Hall–Kier alpha value is -1.78. The van der Waals surface area contributed by atoms with Gasteiger partial charge in [0.25, 0.3) is 5.91 Å². The second kappa shape index (κ2) is 5.25. The van der Waals surface area contributed by atoms with Gasteiger partial charge >= 0.3 is 0 Å². The first-order valence-electron chi connectivity index (χ1n) is 5.00. The van der Waals surface area contributed by atoms with Gasteiger partial charge < -0.3 is 10.3 Å². The minimum atomic E-state index is -0.360. The van der Waals surface area contributed by atoms with E-state index in [4.69, 9.17) is 23.2 Å². The molecule has 0 bridgehead atoms. The standard InChI is InChI=1S/C12H8Cl2N2O2/c13-9-2-1-8(4-10(9)14)16-12(18)11-3-7(6-17)5-15-11/h1-6,15H,(H,16,18). The first-order valence-corrected chi connectivity index (χ1v) is 5.76. The molecule has 0 aliphatic rings. The van der Waals surface area contributed by atoms with Gasteiger partial charge in [-0.3, -0.25) is 9.59 Å². The average Bonchev–Trinajstić information content (AvgIpc) is 2.82. The lowest BCUT2D eigenvalue weighted by molar-refractivity contribution is 0.102. The number of aromatic amines is 1. The van der Waals surface area contributed by atoms with Crippen molar-refractivity contribution < 1.29 is 9.59 Å². The molecule has 1 heterocycles. The Kier molecular flexibility index (Phi) is 3.69. The van der Waals surface area contributed by atoms with Crippen molar-refractivity contribution in [1.82, 2.24) is 4.98 Å². The maximum atomic E-state index is 11.8. The molecule has 6 heteroatoms. The van der Waals surface area contributed by atoms with Gasteiger partial charge in [-0.2, -0.15) is 0 Å². The number of carbonyl (C=O) groups excluding carboxylic acids is 2. The summed E-state index contributed by atoms with van der Waals surface area (Å²) in [5.74, 6) is -0.360. The molecule has 4 nitrogen and oxygen atoms in total. The summed E-state index contributed by atoms with van der Waals surface area (Å²) in [6.07, 6.45) is 2.11. The highest BCUT2D eigenvalue weighted by molar-refractivity contribution is 6.42. The second-order valence-corrected chi connectivity index (χ2v) is 4.36. The van der Waals surface area contributed by atoms with E-state index in [1.807, 2.05) is 0 Å². The highest BCUT2D eigenvalue weighted by atomic mass is 35.5. The number of aldehydes is 1.